The van der Waals surface area contributed by atoms with Crippen molar-refractivity contribution in [2.24, 2.45) is 0 Å². The minimum Gasteiger partial charge on any atom is -0.372 e. The first-order chi connectivity index (χ1) is 13.1. The number of rotatable bonds is 10. The van der Waals surface area contributed by atoms with Crippen LogP contribution in [0.25, 0.3) is 0 Å². The number of carbonyl (C=O) groups excluding carboxylic acids is 1. The third-order valence-corrected chi connectivity index (χ3v) is 4.40. The van der Waals surface area contributed by atoms with E-state index in [1.807, 2.05) is 17.0 Å². The van der Waals surface area contributed by atoms with Crippen LogP contribution in [-0.2, 0) is 0 Å². The second-order valence-electron chi connectivity index (χ2n) is 6.40. The molecule has 2 rings (SSSR count). The van der Waals surface area contributed by atoms with Gasteiger partial charge in [0.1, 0.15) is 5.69 Å². The highest BCUT2D eigenvalue weighted by atomic mass is 16.2. The number of hydrogen-bond donors (Lipinski definition) is 1. The molecule has 0 spiro atoms. The van der Waals surface area contributed by atoms with Gasteiger partial charge in [0, 0.05) is 43.8 Å². The maximum absolute atomic E-state index is 12.7. The monoisotopic (exact) mass is 369 g/mol. The van der Waals surface area contributed by atoms with E-state index in [2.05, 4.69) is 60.0 Å². The van der Waals surface area contributed by atoms with Gasteiger partial charge in [-0.2, -0.15) is 0 Å². The number of hydrogen-bond acceptors (Lipinski definition) is 5. The molecule has 0 aliphatic carbocycles. The molecular weight excluding hydrogens is 338 g/mol. The molecule has 0 fully saturated rings. The van der Waals surface area contributed by atoms with Gasteiger partial charge in [0.15, 0.2) is 0 Å². The van der Waals surface area contributed by atoms with Gasteiger partial charge in [0.25, 0.3) is 5.91 Å². The van der Waals surface area contributed by atoms with E-state index in [0.717, 1.165) is 44.7 Å². The lowest BCUT2D eigenvalue weighted by molar-refractivity contribution is 0.0749. The van der Waals surface area contributed by atoms with Gasteiger partial charge < -0.3 is 15.1 Å². The van der Waals surface area contributed by atoms with Crippen LogP contribution in [0.15, 0.2) is 36.5 Å². The molecule has 1 N–H and O–H groups in total. The van der Waals surface area contributed by atoms with E-state index in [4.69, 9.17) is 0 Å². The molecule has 0 bridgehead atoms. The highest BCUT2D eigenvalue weighted by Crippen LogP contribution is 2.20. The molecule has 1 aromatic carbocycles. The normalized spacial score (nSPS) is 10.5. The van der Waals surface area contributed by atoms with Gasteiger partial charge in [-0.15, -0.1) is 0 Å². The number of amides is 1. The van der Waals surface area contributed by atoms with Gasteiger partial charge in [0.05, 0.1) is 0 Å². The molecule has 6 nitrogen and oxygen atoms in total. The van der Waals surface area contributed by atoms with Crippen molar-refractivity contribution in [1.29, 1.82) is 0 Å². The zero-order valence-electron chi connectivity index (χ0n) is 16.9. The molecular formula is C21H31N5O. The van der Waals surface area contributed by atoms with Crippen LogP contribution in [0.4, 0.5) is 17.3 Å². The van der Waals surface area contributed by atoms with Crippen LogP contribution in [0, 0.1) is 0 Å². The molecule has 0 unspecified atom stereocenters. The lowest BCUT2D eigenvalue weighted by Gasteiger charge is -2.21. The molecule has 1 aromatic heterocycles. The van der Waals surface area contributed by atoms with Crippen molar-refractivity contribution in [3.63, 3.8) is 0 Å². The quantitative estimate of drug-likeness (QED) is 0.675. The maximum Gasteiger partial charge on any atom is 0.272 e. The summed E-state index contributed by atoms with van der Waals surface area (Å²) in [5.74, 6) is 0.394. The second-order valence-corrected chi connectivity index (χ2v) is 6.40. The first-order valence-corrected chi connectivity index (χ1v) is 9.87. The van der Waals surface area contributed by atoms with E-state index in [-0.39, 0.29) is 5.91 Å². The summed E-state index contributed by atoms with van der Waals surface area (Å²) in [5.41, 5.74) is 2.51. The predicted octanol–water partition coefficient (Wildman–Crippen LogP) is 4.33. The Labute approximate surface area is 162 Å². The lowest BCUT2D eigenvalue weighted by atomic mass is 10.2. The third kappa shape index (κ3) is 5.67. The van der Waals surface area contributed by atoms with Crippen molar-refractivity contribution < 1.29 is 4.79 Å². The number of anilines is 3. The molecule has 0 saturated heterocycles. The maximum atomic E-state index is 12.7. The number of nitrogens with one attached hydrogen (secondary N) is 1. The molecule has 0 aliphatic rings. The molecule has 0 atom stereocenters. The highest BCUT2D eigenvalue weighted by Gasteiger charge is 2.16. The summed E-state index contributed by atoms with van der Waals surface area (Å²) in [7, 11) is 0. The fourth-order valence-corrected chi connectivity index (χ4v) is 3.03. The minimum atomic E-state index is -0.0407. The SMILES string of the molecule is CCCN(CCC)C(=O)c1ccnc(Nc2ccc(N(CC)CC)cc2)n1. The molecule has 0 saturated carbocycles. The van der Waals surface area contributed by atoms with Gasteiger partial charge in [-0.05, 0) is 57.0 Å². The van der Waals surface area contributed by atoms with E-state index in [1.165, 1.54) is 5.69 Å². The van der Waals surface area contributed by atoms with E-state index < -0.39 is 0 Å². The Bertz CT molecular complexity index is 707. The average Bonchev–Trinajstić information content (AvgIpc) is 2.70. The molecule has 1 heterocycles. The molecule has 6 heteroatoms. The highest BCUT2D eigenvalue weighted by molar-refractivity contribution is 5.92. The van der Waals surface area contributed by atoms with Crippen molar-refractivity contribution in [2.45, 2.75) is 40.5 Å². The topological polar surface area (TPSA) is 61.4 Å². The Morgan fingerprint density at radius 3 is 2.15 bits per heavy atom. The summed E-state index contributed by atoms with van der Waals surface area (Å²) < 4.78 is 0. The van der Waals surface area contributed by atoms with Crippen LogP contribution in [0.5, 0.6) is 0 Å². The van der Waals surface area contributed by atoms with Crippen molar-refractivity contribution in [2.75, 3.05) is 36.4 Å². The first kappa shape index (κ1) is 20.7. The van der Waals surface area contributed by atoms with E-state index in [1.54, 1.807) is 12.3 Å². The fraction of sp³-hybridized carbons (Fsp3) is 0.476. The fourth-order valence-electron chi connectivity index (χ4n) is 3.03. The molecule has 0 aliphatic heterocycles. The molecule has 2 aromatic rings. The molecule has 0 radical (unpaired) electrons. The molecule has 146 valence electrons. The zero-order chi connectivity index (χ0) is 19.6. The first-order valence-electron chi connectivity index (χ1n) is 9.87. The Kier molecular flexibility index (Phi) is 8.04. The standard InChI is InChI=1S/C21H31N5O/c1-5-15-26(16-6-2)20(27)19-13-14-22-21(24-19)23-17-9-11-18(12-10-17)25(7-3)8-4/h9-14H,5-8,15-16H2,1-4H3,(H,22,23,24). The third-order valence-electron chi connectivity index (χ3n) is 4.40. The minimum absolute atomic E-state index is 0.0407. The predicted molar refractivity (Wildman–Crippen MR) is 112 cm³/mol. The van der Waals surface area contributed by atoms with Crippen LogP contribution in [0.1, 0.15) is 51.0 Å². The summed E-state index contributed by atoms with van der Waals surface area (Å²) in [4.78, 5) is 25.5. The van der Waals surface area contributed by atoms with Gasteiger partial charge in [-0.25, -0.2) is 9.97 Å². The number of carbonyl (C=O) groups is 1. The summed E-state index contributed by atoms with van der Waals surface area (Å²) >= 11 is 0. The van der Waals surface area contributed by atoms with Crippen molar-refractivity contribution in [3.8, 4) is 0 Å². The van der Waals surface area contributed by atoms with Gasteiger partial charge in [0.2, 0.25) is 5.95 Å². The van der Waals surface area contributed by atoms with Crippen LogP contribution >= 0.6 is 0 Å². The van der Waals surface area contributed by atoms with E-state index in [9.17, 15) is 4.79 Å². The number of benzene rings is 1. The summed E-state index contributed by atoms with van der Waals surface area (Å²) in [6, 6.07) is 9.84. The number of aromatic nitrogens is 2. The Morgan fingerprint density at radius 1 is 0.963 bits per heavy atom. The van der Waals surface area contributed by atoms with Crippen LogP contribution in [0.3, 0.4) is 0 Å². The van der Waals surface area contributed by atoms with E-state index in [0.29, 0.717) is 11.6 Å². The molecule has 1 amide bonds. The van der Waals surface area contributed by atoms with Gasteiger partial charge in [-0.3, -0.25) is 4.79 Å². The van der Waals surface area contributed by atoms with Crippen LogP contribution in [0.2, 0.25) is 0 Å². The van der Waals surface area contributed by atoms with Crippen molar-refractivity contribution in [1.82, 2.24) is 14.9 Å². The second kappa shape index (κ2) is 10.5. The Balaban J connectivity index is 2.12. The lowest BCUT2D eigenvalue weighted by Crippen LogP contribution is -2.33. The Hall–Kier alpha value is -2.63. The summed E-state index contributed by atoms with van der Waals surface area (Å²) in [5, 5.41) is 3.19. The molecule has 27 heavy (non-hydrogen) atoms. The smallest absolute Gasteiger partial charge is 0.272 e. The van der Waals surface area contributed by atoms with Crippen LogP contribution in [-0.4, -0.2) is 47.0 Å². The van der Waals surface area contributed by atoms with Gasteiger partial charge >= 0.3 is 0 Å². The summed E-state index contributed by atoms with van der Waals surface area (Å²) in [6.45, 7) is 11.9. The summed E-state index contributed by atoms with van der Waals surface area (Å²) in [6.07, 6.45) is 3.49. The Morgan fingerprint density at radius 2 is 1.59 bits per heavy atom. The average molecular weight is 370 g/mol. The largest absolute Gasteiger partial charge is 0.372 e. The van der Waals surface area contributed by atoms with Crippen LogP contribution < -0.4 is 10.2 Å². The van der Waals surface area contributed by atoms with Gasteiger partial charge in [-0.1, -0.05) is 13.8 Å². The van der Waals surface area contributed by atoms with Crippen molar-refractivity contribution >= 4 is 23.2 Å². The zero-order valence-corrected chi connectivity index (χ0v) is 16.9. The van der Waals surface area contributed by atoms with Crippen molar-refractivity contribution in [3.05, 3.63) is 42.2 Å². The number of nitrogens with zero attached hydrogens (tertiary/aromatic N) is 4. The van der Waals surface area contributed by atoms with E-state index >= 15 is 0 Å².